The Morgan fingerprint density at radius 1 is 1.04 bits per heavy atom. The quantitative estimate of drug-likeness (QED) is 0.689. The van der Waals surface area contributed by atoms with Gasteiger partial charge in [0.25, 0.3) is 5.91 Å². The lowest BCUT2D eigenvalue weighted by Gasteiger charge is -2.17. The Morgan fingerprint density at radius 3 is 2.37 bits per heavy atom. The van der Waals surface area contributed by atoms with E-state index >= 15 is 0 Å². The van der Waals surface area contributed by atoms with Gasteiger partial charge >= 0.3 is 5.97 Å². The van der Waals surface area contributed by atoms with Crippen molar-refractivity contribution in [2.45, 2.75) is 12.5 Å². The van der Waals surface area contributed by atoms with E-state index in [1.54, 1.807) is 0 Å². The molecule has 1 atom stereocenters. The highest BCUT2D eigenvalue weighted by Gasteiger charge is 2.22. The summed E-state index contributed by atoms with van der Waals surface area (Å²) in [6.45, 7) is -0.304. The number of carbonyl (C=O) groups is 3. The van der Waals surface area contributed by atoms with E-state index in [0.717, 1.165) is 5.56 Å². The maximum atomic E-state index is 12.1. The molecule has 2 aromatic rings. The Balaban J connectivity index is 1.93. The average Bonchev–Trinajstić information content (AvgIpc) is 2.67. The average molecular weight is 409 g/mol. The Hall–Kier alpha value is -2.57. The van der Waals surface area contributed by atoms with Crippen molar-refractivity contribution in [3.05, 3.63) is 69.7 Å². The summed E-state index contributed by atoms with van der Waals surface area (Å²) in [7, 11) is 1.25. The van der Waals surface area contributed by atoms with Gasteiger partial charge < -0.3 is 15.4 Å². The Morgan fingerprint density at radius 2 is 1.74 bits per heavy atom. The van der Waals surface area contributed by atoms with E-state index in [0.29, 0.717) is 5.02 Å². The molecule has 2 rings (SSSR count). The standard InChI is InChI=1S/C19H18Cl2N2O4/c1-27-19(26)16(9-12-5-3-2-4-6-12)23-17(24)11-22-18(25)13-7-8-14(20)15(21)10-13/h2-8,10,16H,9,11H2,1H3,(H,22,25)(H,23,24)/t16-/m0/s1. The second-order valence-corrected chi connectivity index (χ2v) is 6.46. The number of amides is 2. The number of methoxy groups -OCH3 is 1. The van der Waals surface area contributed by atoms with Crippen molar-refractivity contribution in [2.24, 2.45) is 0 Å². The van der Waals surface area contributed by atoms with Crippen LogP contribution in [-0.2, 0) is 20.7 Å². The third-order valence-corrected chi connectivity index (χ3v) is 4.43. The number of hydrogen-bond donors (Lipinski definition) is 2. The molecule has 0 heterocycles. The fourth-order valence-corrected chi connectivity index (χ4v) is 2.63. The first kappa shape index (κ1) is 20.7. The van der Waals surface area contributed by atoms with Crippen LogP contribution in [0.15, 0.2) is 48.5 Å². The fraction of sp³-hybridized carbons (Fsp3) is 0.211. The molecule has 27 heavy (non-hydrogen) atoms. The summed E-state index contributed by atoms with van der Waals surface area (Å²) in [5, 5.41) is 5.60. The SMILES string of the molecule is COC(=O)[C@H](Cc1ccccc1)NC(=O)CNC(=O)c1ccc(Cl)c(Cl)c1. The second-order valence-electron chi connectivity index (χ2n) is 5.64. The predicted octanol–water partition coefficient (Wildman–Crippen LogP) is 2.62. The highest BCUT2D eigenvalue weighted by Crippen LogP contribution is 2.22. The zero-order valence-corrected chi connectivity index (χ0v) is 16.0. The number of rotatable bonds is 7. The third kappa shape index (κ3) is 6.27. The molecule has 0 saturated carbocycles. The van der Waals surface area contributed by atoms with E-state index in [9.17, 15) is 14.4 Å². The molecule has 8 heteroatoms. The zero-order valence-electron chi connectivity index (χ0n) is 14.5. The Labute approximate surface area is 166 Å². The summed E-state index contributed by atoms with van der Waals surface area (Å²) >= 11 is 11.7. The topological polar surface area (TPSA) is 84.5 Å². The highest BCUT2D eigenvalue weighted by atomic mass is 35.5. The summed E-state index contributed by atoms with van der Waals surface area (Å²) in [6.07, 6.45) is 0.278. The molecule has 0 radical (unpaired) electrons. The molecule has 0 aliphatic carbocycles. The van der Waals surface area contributed by atoms with Gasteiger partial charge in [0.05, 0.1) is 23.7 Å². The Bertz CT molecular complexity index is 828. The molecule has 0 fully saturated rings. The van der Waals surface area contributed by atoms with Crippen molar-refractivity contribution in [1.29, 1.82) is 0 Å². The van der Waals surface area contributed by atoms with Crippen LogP contribution in [0.5, 0.6) is 0 Å². The van der Waals surface area contributed by atoms with Crippen molar-refractivity contribution >= 4 is 41.0 Å². The largest absolute Gasteiger partial charge is 0.467 e. The van der Waals surface area contributed by atoms with Crippen LogP contribution in [0.1, 0.15) is 15.9 Å². The molecule has 0 bridgehead atoms. The van der Waals surface area contributed by atoms with E-state index in [1.807, 2.05) is 30.3 Å². The number of benzene rings is 2. The number of halogens is 2. The lowest BCUT2D eigenvalue weighted by Crippen LogP contribution is -2.47. The Kier molecular flexibility index (Phi) is 7.64. The summed E-state index contributed by atoms with van der Waals surface area (Å²) < 4.78 is 4.74. The van der Waals surface area contributed by atoms with Crippen LogP contribution in [0.25, 0.3) is 0 Å². The molecule has 2 N–H and O–H groups in total. The summed E-state index contributed by atoms with van der Waals surface area (Å²) in [4.78, 5) is 36.2. The molecule has 0 unspecified atom stereocenters. The molecule has 0 spiro atoms. The van der Waals surface area contributed by atoms with Gasteiger partial charge in [-0.3, -0.25) is 9.59 Å². The smallest absolute Gasteiger partial charge is 0.328 e. The molecule has 0 aliphatic heterocycles. The minimum Gasteiger partial charge on any atom is -0.467 e. The monoisotopic (exact) mass is 408 g/mol. The van der Waals surface area contributed by atoms with E-state index in [4.69, 9.17) is 27.9 Å². The number of carbonyl (C=O) groups excluding carboxylic acids is 3. The van der Waals surface area contributed by atoms with Crippen molar-refractivity contribution in [3.63, 3.8) is 0 Å². The van der Waals surface area contributed by atoms with E-state index in [-0.39, 0.29) is 23.6 Å². The molecular formula is C19H18Cl2N2O4. The van der Waals surface area contributed by atoms with Crippen LogP contribution in [-0.4, -0.2) is 37.5 Å². The highest BCUT2D eigenvalue weighted by molar-refractivity contribution is 6.42. The van der Waals surface area contributed by atoms with Gasteiger partial charge in [0.15, 0.2) is 0 Å². The van der Waals surface area contributed by atoms with E-state index in [2.05, 4.69) is 10.6 Å². The van der Waals surface area contributed by atoms with Crippen LogP contribution < -0.4 is 10.6 Å². The molecule has 142 valence electrons. The molecule has 2 amide bonds. The van der Waals surface area contributed by atoms with Gasteiger partial charge in [0.1, 0.15) is 6.04 Å². The first-order valence-corrected chi connectivity index (χ1v) is 8.80. The molecule has 6 nitrogen and oxygen atoms in total. The number of nitrogens with one attached hydrogen (secondary N) is 2. The van der Waals surface area contributed by atoms with Crippen molar-refractivity contribution in [2.75, 3.05) is 13.7 Å². The number of esters is 1. The molecule has 0 aromatic heterocycles. The number of hydrogen-bond acceptors (Lipinski definition) is 4. The summed E-state index contributed by atoms with van der Waals surface area (Å²) in [5.41, 5.74) is 1.14. The first-order valence-electron chi connectivity index (χ1n) is 8.05. The molecule has 2 aromatic carbocycles. The van der Waals surface area contributed by atoms with Gasteiger partial charge in [0, 0.05) is 12.0 Å². The van der Waals surface area contributed by atoms with Gasteiger partial charge in [-0.15, -0.1) is 0 Å². The lowest BCUT2D eigenvalue weighted by atomic mass is 10.1. The van der Waals surface area contributed by atoms with Gasteiger partial charge in [0.2, 0.25) is 5.91 Å². The lowest BCUT2D eigenvalue weighted by molar-refractivity contribution is -0.144. The van der Waals surface area contributed by atoms with Crippen LogP contribution >= 0.6 is 23.2 Å². The third-order valence-electron chi connectivity index (χ3n) is 3.69. The summed E-state index contributed by atoms with van der Waals surface area (Å²) in [6, 6.07) is 12.7. The molecule has 0 saturated heterocycles. The minimum absolute atomic E-state index is 0.238. The maximum absolute atomic E-state index is 12.1. The van der Waals surface area contributed by atoms with Crippen LogP contribution in [0, 0.1) is 0 Å². The van der Waals surface area contributed by atoms with Crippen molar-refractivity contribution in [3.8, 4) is 0 Å². The van der Waals surface area contributed by atoms with Crippen molar-refractivity contribution in [1.82, 2.24) is 10.6 Å². The molecular weight excluding hydrogens is 391 g/mol. The summed E-state index contributed by atoms with van der Waals surface area (Å²) in [5.74, 6) is -1.57. The minimum atomic E-state index is -0.855. The zero-order chi connectivity index (χ0) is 19.8. The first-order chi connectivity index (χ1) is 12.9. The van der Waals surface area contributed by atoms with E-state index in [1.165, 1.54) is 25.3 Å². The second kappa shape index (κ2) is 9.94. The number of ether oxygens (including phenoxy) is 1. The molecule has 0 aliphatic rings. The van der Waals surface area contributed by atoms with Gasteiger partial charge in [-0.1, -0.05) is 53.5 Å². The fourth-order valence-electron chi connectivity index (χ4n) is 2.33. The van der Waals surface area contributed by atoms with Crippen LogP contribution in [0.4, 0.5) is 0 Å². The van der Waals surface area contributed by atoms with Crippen molar-refractivity contribution < 1.29 is 19.1 Å². The maximum Gasteiger partial charge on any atom is 0.328 e. The van der Waals surface area contributed by atoms with Gasteiger partial charge in [-0.25, -0.2) is 4.79 Å². The van der Waals surface area contributed by atoms with Crippen LogP contribution in [0.2, 0.25) is 10.0 Å². The van der Waals surface area contributed by atoms with Crippen LogP contribution in [0.3, 0.4) is 0 Å². The predicted molar refractivity (Wildman–Crippen MR) is 103 cm³/mol. The normalized spacial score (nSPS) is 11.4. The van der Waals surface area contributed by atoms with Gasteiger partial charge in [-0.2, -0.15) is 0 Å². The van der Waals surface area contributed by atoms with E-state index < -0.39 is 23.8 Å². The van der Waals surface area contributed by atoms with Gasteiger partial charge in [-0.05, 0) is 23.8 Å².